The van der Waals surface area contributed by atoms with E-state index >= 15 is 0 Å². The Morgan fingerprint density at radius 1 is 1.48 bits per heavy atom. The largest absolute Gasteiger partial charge is 0.444 e. The van der Waals surface area contributed by atoms with E-state index in [4.69, 9.17) is 14.0 Å². The van der Waals surface area contributed by atoms with Crippen molar-refractivity contribution in [2.24, 2.45) is 0 Å². The van der Waals surface area contributed by atoms with Crippen LogP contribution in [0.4, 0.5) is 4.79 Å². The molecule has 0 saturated carbocycles. The van der Waals surface area contributed by atoms with Gasteiger partial charge in [-0.3, -0.25) is 0 Å². The molecule has 1 saturated heterocycles. The van der Waals surface area contributed by atoms with E-state index in [0.717, 1.165) is 0 Å². The summed E-state index contributed by atoms with van der Waals surface area (Å²) in [7, 11) is 1.55. The van der Waals surface area contributed by atoms with Gasteiger partial charge in [0.05, 0.1) is 18.6 Å². The number of methoxy groups -OCH3 is 1. The molecule has 1 aromatic heterocycles. The van der Waals surface area contributed by atoms with E-state index in [1.54, 1.807) is 7.11 Å². The van der Waals surface area contributed by atoms with Crippen LogP contribution in [0, 0.1) is 0 Å². The fraction of sp³-hybridized carbons (Fsp3) is 0.800. The lowest BCUT2D eigenvalue weighted by molar-refractivity contribution is -0.0458. The van der Waals surface area contributed by atoms with Crippen LogP contribution in [0.15, 0.2) is 4.52 Å². The number of hydrogen-bond donors (Lipinski definition) is 1. The van der Waals surface area contributed by atoms with Crippen molar-refractivity contribution in [2.45, 2.75) is 57.8 Å². The molecule has 1 aromatic rings. The minimum Gasteiger partial charge on any atom is -0.444 e. The van der Waals surface area contributed by atoms with Gasteiger partial charge in [0.15, 0.2) is 5.82 Å². The summed E-state index contributed by atoms with van der Waals surface area (Å²) in [6.07, 6.45) is 1.03. The fourth-order valence-electron chi connectivity index (χ4n) is 2.57. The standard InChI is InChI=1S/C15H25N3O5/c1-14(2,3)22-13(19)18-7-5-6-15(20,10-18)8-12-16-11(9-21-4)17-23-12/h20H,5-10H2,1-4H3. The Balaban J connectivity index is 1.98. The zero-order valence-electron chi connectivity index (χ0n) is 14.2. The van der Waals surface area contributed by atoms with Crippen LogP contribution in [-0.4, -0.2) is 57.6 Å². The molecule has 1 atom stereocenters. The first kappa shape index (κ1) is 17.7. The summed E-state index contributed by atoms with van der Waals surface area (Å²) in [6, 6.07) is 0. The van der Waals surface area contributed by atoms with Crippen LogP contribution in [0.25, 0.3) is 0 Å². The molecular weight excluding hydrogens is 302 g/mol. The van der Waals surface area contributed by atoms with E-state index in [1.807, 2.05) is 20.8 Å². The Bertz CT molecular complexity index is 539. The predicted octanol–water partition coefficient (Wildman–Crippen LogP) is 1.52. The third-order valence-electron chi connectivity index (χ3n) is 3.47. The quantitative estimate of drug-likeness (QED) is 0.895. The van der Waals surface area contributed by atoms with E-state index in [0.29, 0.717) is 31.1 Å². The normalized spacial score (nSPS) is 22.2. The molecule has 0 aliphatic carbocycles. The zero-order valence-corrected chi connectivity index (χ0v) is 14.2. The lowest BCUT2D eigenvalue weighted by Crippen LogP contribution is -2.52. The molecule has 23 heavy (non-hydrogen) atoms. The van der Waals surface area contributed by atoms with Crippen LogP contribution < -0.4 is 0 Å². The van der Waals surface area contributed by atoms with Gasteiger partial charge in [0.1, 0.15) is 12.2 Å². The molecule has 2 rings (SSSR count). The summed E-state index contributed by atoms with van der Waals surface area (Å²) in [5.74, 6) is 0.775. The van der Waals surface area contributed by atoms with E-state index in [-0.39, 0.29) is 19.6 Å². The minimum atomic E-state index is -1.09. The molecule has 8 nitrogen and oxygen atoms in total. The molecule has 8 heteroatoms. The van der Waals surface area contributed by atoms with E-state index < -0.39 is 17.3 Å². The second-order valence-electron chi connectivity index (χ2n) is 6.94. The molecule has 0 radical (unpaired) electrons. The van der Waals surface area contributed by atoms with Gasteiger partial charge in [0, 0.05) is 13.7 Å². The highest BCUT2D eigenvalue weighted by molar-refractivity contribution is 5.68. The highest BCUT2D eigenvalue weighted by atomic mass is 16.6. The number of amides is 1. The number of aliphatic hydroxyl groups is 1. The topological polar surface area (TPSA) is 97.9 Å². The van der Waals surface area contributed by atoms with Gasteiger partial charge in [0.25, 0.3) is 0 Å². The zero-order chi connectivity index (χ0) is 17.1. The van der Waals surface area contributed by atoms with Crippen molar-refractivity contribution < 1.29 is 23.9 Å². The van der Waals surface area contributed by atoms with Gasteiger partial charge in [-0.1, -0.05) is 5.16 Å². The van der Waals surface area contributed by atoms with Crippen LogP contribution in [0.1, 0.15) is 45.3 Å². The van der Waals surface area contributed by atoms with E-state index in [2.05, 4.69) is 10.1 Å². The smallest absolute Gasteiger partial charge is 0.410 e. The summed E-state index contributed by atoms with van der Waals surface area (Å²) in [4.78, 5) is 17.9. The number of ether oxygens (including phenoxy) is 2. The Morgan fingerprint density at radius 3 is 2.87 bits per heavy atom. The summed E-state index contributed by atoms with van der Waals surface area (Å²) in [5.41, 5.74) is -1.65. The Labute approximate surface area is 135 Å². The van der Waals surface area contributed by atoms with Crippen LogP contribution in [-0.2, 0) is 22.5 Å². The van der Waals surface area contributed by atoms with Gasteiger partial charge in [-0.25, -0.2) is 4.79 Å². The second kappa shape index (κ2) is 6.84. The van der Waals surface area contributed by atoms with Gasteiger partial charge < -0.3 is 24.0 Å². The SMILES string of the molecule is COCc1noc(CC2(O)CCCN(C(=O)OC(C)(C)C)C2)n1. The first-order valence-electron chi connectivity index (χ1n) is 7.71. The predicted molar refractivity (Wildman–Crippen MR) is 80.7 cm³/mol. The summed E-state index contributed by atoms with van der Waals surface area (Å²) in [6.45, 7) is 6.45. The van der Waals surface area contributed by atoms with Crippen LogP contribution in [0.2, 0.25) is 0 Å². The number of likely N-dealkylation sites (tertiary alicyclic amines) is 1. The maximum Gasteiger partial charge on any atom is 0.410 e. The summed E-state index contributed by atoms with van der Waals surface area (Å²) >= 11 is 0. The first-order valence-corrected chi connectivity index (χ1v) is 7.71. The van der Waals surface area contributed by atoms with Crippen molar-refractivity contribution in [3.63, 3.8) is 0 Å². The van der Waals surface area contributed by atoms with Crippen molar-refractivity contribution in [1.82, 2.24) is 15.0 Å². The van der Waals surface area contributed by atoms with Crippen molar-refractivity contribution in [3.05, 3.63) is 11.7 Å². The van der Waals surface area contributed by atoms with Gasteiger partial charge >= 0.3 is 6.09 Å². The molecule has 0 spiro atoms. The Morgan fingerprint density at radius 2 is 2.22 bits per heavy atom. The number of carbonyl (C=O) groups is 1. The fourth-order valence-corrected chi connectivity index (χ4v) is 2.57. The average molecular weight is 327 g/mol. The molecular formula is C15H25N3O5. The lowest BCUT2D eigenvalue weighted by Gasteiger charge is -2.38. The van der Waals surface area contributed by atoms with E-state index in [9.17, 15) is 9.90 Å². The number of hydrogen-bond acceptors (Lipinski definition) is 7. The van der Waals surface area contributed by atoms with Gasteiger partial charge in [-0.2, -0.15) is 4.98 Å². The van der Waals surface area contributed by atoms with Crippen LogP contribution >= 0.6 is 0 Å². The highest BCUT2D eigenvalue weighted by Crippen LogP contribution is 2.26. The van der Waals surface area contributed by atoms with Gasteiger partial charge in [-0.15, -0.1) is 0 Å². The number of β-amino-alcohol motifs (C(OH)–C–C–N with tert-alkyl or cyclic N) is 1. The van der Waals surface area contributed by atoms with Crippen molar-refractivity contribution in [2.75, 3.05) is 20.2 Å². The van der Waals surface area contributed by atoms with Gasteiger partial charge in [0.2, 0.25) is 5.89 Å². The monoisotopic (exact) mass is 327 g/mol. The third-order valence-corrected chi connectivity index (χ3v) is 3.47. The number of aromatic nitrogens is 2. The summed E-state index contributed by atoms with van der Waals surface area (Å²) in [5, 5.41) is 14.6. The first-order chi connectivity index (χ1) is 10.7. The molecule has 2 heterocycles. The summed E-state index contributed by atoms with van der Waals surface area (Å²) < 4.78 is 15.4. The number of carbonyl (C=O) groups excluding carboxylic acids is 1. The van der Waals surface area contributed by atoms with Crippen LogP contribution in [0.5, 0.6) is 0 Å². The molecule has 1 amide bonds. The molecule has 1 aliphatic rings. The molecule has 1 fully saturated rings. The number of nitrogens with zero attached hydrogens (tertiary/aromatic N) is 3. The third kappa shape index (κ3) is 5.18. The number of piperidine rings is 1. The molecule has 0 bridgehead atoms. The van der Waals surface area contributed by atoms with E-state index in [1.165, 1.54) is 4.90 Å². The van der Waals surface area contributed by atoms with Crippen molar-refractivity contribution in [3.8, 4) is 0 Å². The maximum absolute atomic E-state index is 12.2. The molecule has 1 unspecified atom stereocenters. The van der Waals surface area contributed by atoms with Crippen LogP contribution in [0.3, 0.4) is 0 Å². The lowest BCUT2D eigenvalue weighted by atomic mass is 9.90. The minimum absolute atomic E-state index is 0.184. The maximum atomic E-state index is 12.2. The molecule has 1 N–H and O–H groups in total. The van der Waals surface area contributed by atoms with Gasteiger partial charge in [-0.05, 0) is 33.6 Å². The molecule has 130 valence electrons. The molecule has 0 aromatic carbocycles. The second-order valence-corrected chi connectivity index (χ2v) is 6.94. The highest BCUT2D eigenvalue weighted by Gasteiger charge is 2.38. The van der Waals surface area contributed by atoms with Crippen molar-refractivity contribution in [1.29, 1.82) is 0 Å². The number of rotatable bonds is 4. The Kier molecular flexibility index (Phi) is 5.26. The van der Waals surface area contributed by atoms with Crippen molar-refractivity contribution >= 4 is 6.09 Å². The Hall–Kier alpha value is -1.67. The molecule has 1 aliphatic heterocycles. The average Bonchev–Trinajstić information content (AvgIpc) is 2.84.